The van der Waals surface area contributed by atoms with E-state index in [0.29, 0.717) is 19.5 Å². The normalized spacial score (nSPS) is 18.8. The van der Waals surface area contributed by atoms with E-state index < -0.39 is 6.10 Å². The Morgan fingerprint density at radius 1 is 1.15 bits per heavy atom. The van der Waals surface area contributed by atoms with Crippen LogP contribution in [0.2, 0.25) is 0 Å². The molecule has 2 aromatic carbocycles. The fourth-order valence-electron chi connectivity index (χ4n) is 3.15. The number of benzene rings is 2. The average Bonchev–Trinajstić information content (AvgIpc) is 3.09. The number of carbonyl (C=O) groups is 1. The largest absolute Gasteiger partial charge is 0.392 e. The zero-order valence-corrected chi connectivity index (χ0v) is 15.7. The lowest BCUT2D eigenvalue weighted by atomic mass is 10.1. The Morgan fingerprint density at radius 3 is 2.38 bits per heavy atom. The highest BCUT2D eigenvalue weighted by Crippen LogP contribution is 2.25. The highest BCUT2D eigenvalue weighted by molar-refractivity contribution is 5.85. The Labute approximate surface area is 160 Å². The maximum atomic E-state index is 12.1. The van der Waals surface area contributed by atoms with E-state index in [1.165, 1.54) is 0 Å². The molecule has 0 spiro atoms. The molecule has 1 aliphatic rings. The Morgan fingerprint density at radius 2 is 1.81 bits per heavy atom. The molecule has 0 bridgehead atoms. The van der Waals surface area contributed by atoms with Gasteiger partial charge in [-0.1, -0.05) is 30.3 Å². The van der Waals surface area contributed by atoms with Crippen LogP contribution in [0.15, 0.2) is 54.6 Å². The number of para-hydroxylation sites is 1. The van der Waals surface area contributed by atoms with Gasteiger partial charge in [0.15, 0.2) is 0 Å². The standard InChI is InChI=1S/C20H25N3O2.ClH/c1-2-23(16-6-4-3-5-7-16)17-10-8-15(9-11-17)13-22-20(25)19-12-18(24)14-21-19;/h3-11,18-19,21,24H,2,12-14H2,1H3,(H,22,25);1H. The van der Waals surface area contributed by atoms with Gasteiger partial charge in [-0.25, -0.2) is 0 Å². The summed E-state index contributed by atoms with van der Waals surface area (Å²) in [7, 11) is 0. The first kappa shape index (κ1) is 20.2. The number of anilines is 2. The zero-order chi connectivity index (χ0) is 17.6. The molecule has 6 heteroatoms. The highest BCUT2D eigenvalue weighted by Gasteiger charge is 2.27. The SMILES string of the molecule is CCN(c1ccccc1)c1ccc(CNC(=O)C2CC(O)CN2)cc1.Cl. The second-order valence-corrected chi connectivity index (χ2v) is 6.31. The predicted molar refractivity (Wildman–Crippen MR) is 107 cm³/mol. The molecular weight excluding hydrogens is 350 g/mol. The van der Waals surface area contributed by atoms with Gasteiger partial charge in [0, 0.05) is 31.0 Å². The van der Waals surface area contributed by atoms with Crippen molar-refractivity contribution >= 4 is 29.7 Å². The van der Waals surface area contributed by atoms with Gasteiger partial charge in [-0.2, -0.15) is 0 Å². The number of amides is 1. The molecule has 2 atom stereocenters. The minimum Gasteiger partial charge on any atom is -0.392 e. The van der Waals surface area contributed by atoms with Crippen molar-refractivity contribution in [3.63, 3.8) is 0 Å². The van der Waals surface area contributed by atoms with Crippen molar-refractivity contribution in [2.45, 2.75) is 32.0 Å². The van der Waals surface area contributed by atoms with Crippen molar-refractivity contribution in [3.05, 3.63) is 60.2 Å². The van der Waals surface area contributed by atoms with Crippen LogP contribution in [0.3, 0.4) is 0 Å². The predicted octanol–water partition coefficient (Wildman–Crippen LogP) is 2.61. The summed E-state index contributed by atoms with van der Waals surface area (Å²) in [6.45, 7) is 3.99. The summed E-state index contributed by atoms with van der Waals surface area (Å²) >= 11 is 0. The molecule has 2 aromatic rings. The van der Waals surface area contributed by atoms with E-state index >= 15 is 0 Å². The quantitative estimate of drug-likeness (QED) is 0.726. The maximum absolute atomic E-state index is 12.1. The molecular formula is C20H26ClN3O2. The molecule has 1 aliphatic heterocycles. The molecule has 0 aromatic heterocycles. The first-order valence-corrected chi connectivity index (χ1v) is 8.78. The number of hydrogen-bond donors (Lipinski definition) is 3. The molecule has 140 valence electrons. The molecule has 1 saturated heterocycles. The number of carbonyl (C=O) groups excluding carboxylic acids is 1. The van der Waals surface area contributed by atoms with Crippen molar-refractivity contribution < 1.29 is 9.90 Å². The van der Waals surface area contributed by atoms with Crippen molar-refractivity contribution in [1.29, 1.82) is 0 Å². The van der Waals surface area contributed by atoms with Gasteiger partial charge >= 0.3 is 0 Å². The summed E-state index contributed by atoms with van der Waals surface area (Å²) in [5.74, 6) is -0.0555. The molecule has 0 saturated carbocycles. The lowest BCUT2D eigenvalue weighted by Gasteiger charge is -2.23. The number of aliphatic hydroxyl groups excluding tert-OH is 1. The molecule has 1 fully saturated rings. The van der Waals surface area contributed by atoms with Gasteiger partial charge in [0.25, 0.3) is 0 Å². The number of rotatable bonds is 6. The smallest absolute Gasteiger partial charge is 0.237 e. The summed E-state index contributed by atoms with van der Waals surface area (Å²) in [5, 5.41) is 15.4. The van der Waals surface area contributed by atoms with Crippen LogP contribution < -0.4 is 15.5 Å². The number of hydrogen-bond acceptors (Lipinski definition) is 4. The number of nitrogens with one attached hydrogen (secondary N) is 2. The van der Waals surface area contributed by atoms with Gasteiger partial charge in [0.2, 0.25) is 5.91 Å². The van der Waals surface area contributed by atoms with E-state index in [0.717, 1.165) is 23.5 Å². The molecule has 2 unspecified atom stereocenters. The first-order valence-electron chi connectivity index (χ1n) is 8.78. The lowest BCUT2D eigenvalue weighted by molar-refractivity contribution is -0.123. The monoisotopic (exact) mass is 375 g/mol. The van der Waals surface area contributed by atoms with Crippen LogP contribution in [-0.2, 0) is 11.3 Å². The van der Waals surface area contributed by atoms with Gasteiger partial charge in [-0.15, -0.1) is 12.4 Å². The van der Waals surface area contributed by atoms with Gasteiger partial charge in [-0.3, -0.25) is 4.79 Å². The number of aliphatic hydroxyl groups is 1. The van der Waals surface area contributed by atoms with Crippen LogP contribution in [0.1, 0.15) is 18.9 Å². The minimum absolute atomic E-state index is 0. The molecule has 0 radical (unpaired) electrons. The third-order valence-corrected chi connectivity index (χ3v) is 4.52. The van der Waals surface area contributed by atoms with Crippen LogP contribution >= 0.6 is 12.4 Å². The van der Waals surface area contributed by atoms with Crippen molar-refractivity contribution in [1.82, 2.24) is 10.6 Å². The second-order valence-electron chi connectivity index (χ2n) is 6.31. The summed E-state index contributed by atoms with van der Waals surface area (Å²) in [5.41, 5.74) is 3.35. The second kappa shape index (κ2) is 9.57. The fourth-order valence-corrected chi connectivity index (χ4v) is 3.15. The number of nitrogens with zero attached hydrogens (tertiary/aromatic N) is 1. The van der Waals surface area contributed by atoms with Gasteiger partial charge in [0.1, 0.15) is 0 Å². The summed E-state index contributed by atoms with van der Waals surface area (Å²) in [6, 6.07) is 18.2. The van der Waals surface area contributed by atoms with E-state index in [9.17, 15) is 9.90 Å². The minimum atomic E-state index is -0.423. The Bertz CT molecular complexity index is 694. The molecule has 3 N–H and O–H groups in total. The summed E-state index contributed by atoms with van der Waals surface area (Å²) in [6.07, 6.45) is 0.0564. The van der Waals surface area contributed by atoms with E-state index in [1.807, 2.05) is 30.3 Å². The summed E-state index contributed by atoms with van der Waals surface area (Å²) in [4.78, 5) is 14.3. The first-order chi connectivity index (χ1) is 12.2. The van der Waals surface area contributed by atoms with Crippen LogP contribution in [0.4, 0.5) is 11.4 Å². The maximum Gasteiger partial charge on any atom is 0.237 e. The Hall–Kier alpha value is -2.08. The van der Waals surface area contributed by atoms with Gasteiger partial charge in [-0.05, 0) is 43.2 Å². The molecule has 26 heavy (non-hydrogen) atoms. The molecule has 5 nitrogen and oxygen atoms in total. The highest BCUT2D eigenvalue weighted by atomic mass is 35.5. The van der Waals surface area contributed by atoms with Crippen molar-refractivity contribution in [3.8, 4) is 0 Å². The van der Waals surface area contributed by atoms with Gasteiger partial charge < -0.3 is 20.6 Å². The number of β-amino-alcohol motifs (C(OH)–C–C–N with tert-alkyl or cyclic N) is 1. The van der Waals surface area contributed by atoms with Crippen LogP contribution in [0, 0.1) is 0 Å². The average molecular weight is 376 g/mol. The van der Waals surface area contributed by atoms with Crippen LogP contribution in [0.25, 0.3) is 0 Å². The van der Waals surface area contributed by atoms with E-state index in [4.69, 9.17) is 0 Å². The third kappa shape index (κ3) is 4.97. The molecule has 1 amide bonds. The van der Waals surface area contributed by atoms with E-state index in [1.54, 1.807) is 0 Å². The van der Waals surface area contributed by atoms with E-state index in [2.05, 4.69) is 46.7 Å². The van der Waals surface area contributed by atoms with E-state index in [-0.39, 0.29) is 24.4 Å². The van der Waals surface area contributed by atoms with Gasteiger partial charge in [0.05, 0.1) is 12.1 Å². The van der Waals surface area contributed by atoms with Crippen LogP contribution in [-0.4, -0.2) is 36.2 Å². The van der Waals surface area contributed by atoms with Crippen LogP contribution in [0.5, 0.6) is 0 Å². The lowest BCUT2D eigenvalue weighted by Crippen LogP contribution is -2.40. The third-order valence-electron chi connectivity index (χ3n) is 4.52. The molecule has 1 heterocycles. The molecule has 3 rings (SSSR count). The fraction of sp³-hybridized carbons (Fsp3) is 0.350. The zero-order valence-electron chi connectivity index (χ0n) is 14.9. The molecule has 0 aliphatic carbocycles. The summed E-state index contributed by atoms with van der Waals surface area (Å²) < 4.78 is 0. The Kier molecular flexibility index (Phi) is 7.45. The Balaban J connectivity index is 0.00000243. The van der Waals surface area contributed by atoms with Crippen molar-refractivity contribution in [2.75, 3.05) is 18.0 Å². The topological polar surface area (TPSA) is 64.6 Å². The number of halogens is 1. The van der Waals surface area contributed by atoms with Crippen molar-refractivity contribution in [2.24, 2.45) is 0 Å².